The summed E-state index contributed by atoms with van der Waals surface area (Å²) < 4.78 is 0. The van der Waals surface area contributed by atoms with Crippen LogP contribution in [0.4, 0.5) is 5.82 Å². The summed E-state index contributed by atoms with van der Waals surface area (Å²) in [6, 6.07) is 4.31. The van der Waals surface area contributed by atoms with Crippen LogP contribution in [0.25, 0.3) is 0 Å². The second kappa shape index (κ2) is 6.87. The van der Waals surface area contributed by atoms with E-state index in [1.54, 1.807) is 6.20 Å². The molecule has 0 fully saturated rings. The molecule has 1 aromatic heterocycles. The van der Waals surface area contributed by atoms with Gasteiger partial charge in [-0.05, 0) is 39.8 Å². The van der Waals surface area contributed by atoms with Crippen LogP contribution in [0.3, 0.4) is 0 Å². The lowest BCUT2D eigenvalue weighted by molar-refractivity contribution is 0.215. The number of hydrogen-bond donors (Lipinski definition) is 2. The fraction of sp³-hybridized carbons (Fsp3) is 0.667. The van der Waals surface area contributed by atoms with Gasteiger partial charge in [-0.15, -0.1) is 0 Å². The highest BCUT2D eigenvalue weighted by Crippen LogP contribution is 2.27. The number of aromatic nitrogens is 1. The molecule has 108 valence electrons. The molecule has 2 N–H and O–H groups in total. The Morgan fingerprint density at radius 1 is 1.47 bits per heavy atom. The van der Waals surface area contributed by atoms with Gasteiger partial charge in [0.15, 0.2) is 0 Å². The smallest absolute Gasteiger partial charge is 0.133 e. The van der Waals surface area contributed by atoms with Crippen molar-refractivity contribution in [3.8, 4) is 0 Å². The molecule has 4 heteroatoms. The van der Waals surface area contributed by atoms with E-state index in [1.165, 1.54) is 5.56 Å². The summed E-state index contributed by atoms with van der Waals surface area (Å²) in [5.74, 6) is 0.928. The summed E-state index contributed by atoms with van der Waals surface area (Å²) in [5, 5.41) is 13.0. The number of nitrogens with zero attached hydrogens (tertiary/aromatic N) is 2. The fourth-order valence-electron chi connectivity index (χ4n) is 1.89. The Hall–Kier alpha value is -1.13. The number of hydrogen-bond acceptors (Lipinski definition) is 4. The van der Waals surface area contributed by atoms with Gasteiger partial charge in [0.1, 0.15) is 5.82 Å². The van der Waals surface area contributed by atoms with Gasteiger partial charge < -0.3 is 15.3 Å². The van der Waals surface area contributed by atoms with E-state index < -0.39 is 0 Å². The average Bonchev–Trinajstić information content (AvgIpc) is 2.43. The van der Waals surface area contributed by atoms with Crippen LogP contribution in [0, 0.1) is 0 Å². The van der Waals surface area contributed by atoms with E-state index in [4.69, 9.17) is 0 Å². The first-order valence-corrected chi connectivity index (χ1v) is 6.97. The third-order valence-electron chi connectivity index (χ3n) is 3.60. The Morgan fingerprint density at radius 2 is 2.16 bits per heavy atom. The number of aliphatic hydroxyl groups excluding tert-OH is 1. The van der Waals surface area contributed by atoms with Gasteiger partial charge >= 0.3 is 0 Å². The molecule has 1 heterocycles. The highest BCUT2D eigenvalue weighted by atomic mass is 16.3. The Balaban J connectivity index is 3.01. The highest BCUT2D eigenvalue weighted by Gasteiger charge is 2.26. The normalized spacial score (nSPS) is 13.4. The molecule has 1 unspecified atom stereocenters. The van der Waals surface area contributed by atoms with Crippen LogP contribution < -0.4 is 10.2 Å². The predicted octanol–water partition coefficient (Wildman–Crippen LogP) is 2.35. The number of likely N-dealkylation sites (N-methyl/N-ethyl adjacent to an activating group) is 1. The summed E-state index contributed by atoms with van der Waals surface area (Å²) in [6.45, 7) is 9.41. The van der Waals surface area contributed by atoms with Crippen LogP contribution >= 0.6 is 0 Å². The molecule has 0 radical (unpaired) electrons. The molecule has 0 aromatic carbocycles. The first-order valence-electron chi connectivity index (χ1n) is 6.97. The predicted molar refractivity (Wildman–Crippen MR) is 80.5 cm³/mol. The molecule has 1 rings (SSSR count). The van der Waals surface area contributed by atoms with Gasteiger partial charge in [0.2, 0.25) is 0 Å². The number of rotatable bonds is 7. The van der Waals surface area contributed by atoms with E-state index in [9.17, 15) is 5.11 Å². The highest BCUT2D eigenvalue weighted by molar-refractivity contribution is 5.49. The molecule has 0 amide bonds. The molecule has 0 spiro atoms. The Bertz CT molecular complexity index is 393. The van der Waals surface area contributed by atoms with Crippen molar-refractivity contribution in [2.75, 3.05) is 25.1 Å². The lowest BCUT2D eigenvalue weighted by Crippen LogP contribution is -2.45. The first-order chi connectivity index (χ1) is 8.94. The summed E-state index contributed by atoms with van der Waals surface area (Å²) >= 11 is 0. The molecule has 0 saturated heterocycles. The maximum atomic E-state index is 9.51. The molecule has 0 aliphatic heterocycles. The standard InChI is InChI=1S/C15H27N3O/c1-6-9-16-12(2)13-8-7-10-17-14(13)18(5)15(3,4)11-19/h7-8,10,12,16,19H,6,9,11H2,1-5H3. The topological polar surface area (TPSA) is 48.4 Å². The molecular weight excluding hydrogens is 238 g/mol. The zero-order chi connectivity index (χ0) is 14.5. The fourth-order valence-corrected chi connectivity index (χ4v) is 1.89. The molecule has 19 heavy (non-hydrogen) atoms. The minimum Gasteiger partial charge on any atom is -0.394 e. The second-order valence-corrected chi connectivity index (χ2v) is 5.62. The number of aliphatic hydroxyl groups is 1. The molecule has 0 saturated carbocycles. The zero-order valence-corrected chi connectivity index (χ0v) is 12.8. The van der Waals surface area contributed by atoms with Gasteiger partial charge in [-0.3, -0.25) is 0 Å². The third-order valence-corrected chi connectivity index (χ3v) is 3.60. The van der Waals surface area contributed by atoms with Crippen molar-refractivity contribution >= 4 is 5.82 Å². The van der Waals surface area contributed by atoms with Crippen LogP contribution in [0.2, 0.25) is 0 Å². The van der Waals surface area contributed by atoms with Crippen molar-refractivity contribution in [3.63, 3.8) is 0 Å². The van der Waals surface area contributed by atoms with Gasteiger partial charge in [-0.25, -0.2) is 4.98 Å². The molecule has 0 aliphatic carbocycles. The molecular formula is C15H27N3O. The number of anilines is 1. The number of nitrogens with one attached hydrogen (secondary N) is 1. The van der Waals surface area contributed by atoms with Crippen LogP contribution in [0.1, 0.15) is 45.7 Å². The van der Waals surface area contributed by atoms with Crippen molar-refractivity contribution < 1.29 is 5.11 Å². The van der Waals surface area contributed by atoms with E-state index in [0.717, 1.165) is 18.8 Å². The quantitative estimate of drug-likeness (QED) is 0.794. The van der Waals surface area contributed by atoms with Crippen LogP contribution in [0.15, 0.2) is 18.3 Å². The Kier molecular flexibility index (Phi) is 5.76. The maximum Gasteiger partial charge on any atom is 0.133 e. The molecule has 1 atom stereocenters. The minimum absolute atomic E-state index is 0.0935. The van der Waals surface area contributed by atoms with E-state index in [2.05, 4.69) is 30.2 Å². The summed E-state index contributed by atoms with van der Waals surface area (Å²) in [5.41, 5.74) is 0.841. The van der Waals surface area contributed by atoms with Gasteiger partial charge in [0.25, 0.3) is 0 Å². The van der Waals surface area contributed by atoms with Crippen molar-refractivity contribution in [1.29, 1.82) is 0 Å². The Morgan fingerprint density at radius 3 is 2.74 bits per heavy atom. The van der Waals surface area contributed by atoms with E-state index in [0.29, 0.717) is 0 Å². The average molecular weight is 265 g/mol. The van der Waals surface area contributed by atoms with Gasteiger partial charge in [0, 0.05) is 24.8 Å². The lowest BCUT2D eigenvalue weighted by Gasteiger charge is -2.36. The molecule has 4 nitrogen and oxygen atoms in total. The molecule has 0 aliphatic rings. The first kappa shape index (κ1) is 15.9. The lowest BCUT2D eigenvalue weighted by atomic mass is 10.0. The minimum atomic E-state index is -0.326. The second-order valence-electron chi connectivity index (χ2n) is 5.62. The van der Waals surface area contributed by atoms with Crippen molar-refractivity contribution in [2.45, 2.75) is 45.7 Å². The maximum absolute atomic E-state index is 9.51. The van der Waals surface area contributed by atoms with Crippen LogP contribution in [-0.4, -0.2) is 35.8 Å². The molecule has 1 aromatic rings. The van der Waals surface area contributed by atoms with Gasteiger partial charge in [-0.1, -0.05) is 13.0 Å². The van der Waals surface area contributed by atoms with Crippen molar-refractivity contribution in [3.05, 3.63) is 23.9 Å². The van der Waals surface area contributed by atoms with Crippen LogP contribution in [0.5, 0.6) is 0 Å². The van der Waals surface area contributed by atoms with E-state index >= 15 is 0 Å². The SMILES string of the molecule is CCCNC(C)c1cccnc1N(C)C(C)(C)CO. The summed E-state index contributed by atoms with van der Waals surface area (Å²) in [7, 11) is 1.98. The number of pyridine rings is 1. The zero-order valence-electron chi connectivity index (χ0n) is 12.8. The van der Waals surface area contributed by atoms with Gasteiger partial charge in [-0.2, -0.15) is 0 Å². The summed E-state index contributed by atoms with van der Waals surface area (Å²) in [4.78, 5) is 6.54. The van der Waals surface area contributed by atoms with Crippen LogP contribution in [-0.2, 0) is 0 Å². The monoisotopic (exact) mass is 265 g/mol. The Labute approximate surface area is 116 Å². The van der Waals surface area contributed by atoms with E-state index in [1.807, 2.05) is 31.9 Å². The van der Waals surface area contributed by atoms with Gasteiger partial charge in [0.05, 0.1) is 12.1 Å². The van der Waals surface area contributed by atoms with E-state index in [-0.39, 0.29) is 18.2 Å². The summed E-state index contributed by atoms with van der Waals surface area (Å²) in [6.07, 6.45) is 2.91. The largest absolute Gasteiger partial charge is 0.394 e. The van der Waals surface area contributed by atoms with Crippen molar-refractivity contribution in [2.24, 2.45) is 0 Å². The molecule has 0 bridgehead atoms. The van der Waals surface area contributed by atoms with Crippen molar-refractivity contribution in [1.82, 2.24) is 10.3 Å². The third kappa shape index (κ3) is 3.91.